The Labute approximate surface area is 66.7 Å². The molecule has 0 radical (unpaired) electrons. The molecule has 1 aliphatic rings. The lowest BCUT2D eigenvalue weighted by molar-refractivity contribution is 1.05. The normalized spacial score (nSPS) is 15.5. The van der Waals surface area contributed by atoms with Crippen LogP contribution in [-0.2, 0) is 0 Å². The summed E-state index contributed by atoms with van der Waals surface area (Å²) < 4.78 is 0. The Balaban J connectivity index is 2.52. The quantitative estimate of drug-likeness (QED) is 0.591. The molecule has 0 aromatic heterocycles. The van der Waals surface area contributed by atoms with Gasteiger partial charge in [0.15, 0.2) is 0 Å². The van der Waals surface area contributed by atoms with E-state index in [0.717, 1.165) is 13.0 Å². The second-order valence-corrected chi connectivity index (χ2v) is 2.83. The molecule has 0 aliphatic carbocycles. The predicted molar refractivity (Wildman–Crippen MR) is 48.6 cm³/mol. The van der Waals surface area contributed by atoms with Gasteiger partial charge in [0.2, 0.25) is 0 Å². The molecule has 1 N–H and O–H groups in total. The van der Waals surface area contributed by atoms with Crippen LogP contribution in [-0.4, -0.2) is 6.54 Å². The van der Waals surface area contributed by atoms with Crippen LogP contribution in [0.25, 0.3) is 5.57 Å². The molecule has 0 saturated carbocycles. The summed E-state index contributed by atoms with van der Waals surface area (Å²) in [6.07, 6.45) is 1.07. The maximum Gasteiger partial charge on any atom is 0.0416 e. The van der Waals surface area contributed by atoms with Crippen molar-refractivity contribution in [2.45, 2.75) is 6.42 Å². The maximum atomic E-state index is 4.02. The second-order valence-electron chi connectivity index (χ2n) is 2.83. The van der Waals surface area contributed by atoms with Gasteiger partial charge in [0.05, 0.1) is 0 Å². The van der Waals surface area contributed by atoms with Gasteiger partial charge < -0.3 is 5.32 Å². The molecule has 0 saturated heterocycles. The van der Waals surface area contributed by atoms with E-state index in [0.29, 0.717) is 0 Å². The van der Waals surface area contributed by atoms with Crippen LogP contribution < -0.4 is 5.32 Å². The highest BCUT2D eigenvalue weighted by Crippen LogP contribution is 2.28. The van der Waals surface area contributed by atoms with Crippen molar-refractivity contribution in [3.63, 3.8) is 0 Å². The van der Waals surface area contributed by atoms with Gasteiger partial charge >= 0.3 is 0 Å². The third-order valence-corrected chi connectivity index (χ3v) is 2.05. The van der Waals surface area contributed by atoms with Gasteiger partial charge in [0.25, 0.3) is 0 Å². The van der Waals surface area contributed by atoms with E-state index in [1.165, 1.54) is 16.8 Å². The first kappa shape index (κ1) is 6.47. The Morgan fingerprint density at radius 2 is 2.09 bits per heavy atom. The number of benzene rings is 1. The fourth-order valence-electron chi connectivity index (χ4n) is 1.43. The molecule has 0 fully saturated rings. The number of anilines is 1. The smallest absolute Gasteiger partial charge is 0.0416 e. The van der Waals surface area contributed by atoms with Crippen molar-refractivity contribution in [3.05, 3.63) is 36.4 Å². The summed E-state index contributed by atoms with van der Waals surface area (Å²) in [5.41, 5.74) is 3.75. The van der Waals surface area contributed by atoms with Gasteiger partial charge in [-0.25, -0.2) is 0 Å². The Morgan fingerprint density at radius 1 is 1.27 bits per heavy atom. The van der Waals surface area contributed by atoms with Gasteiger partial charge in [0.1, 0.15) is 0 Å². The molecule has 0 amide bonds. The molecule has 1 nitrogen and oxygen atoms in total. The molecule has 1 aromatic rings. The second kappa shape index (κ2) is 2.42. The van der Waals surface area contributed by atoms with E-state index in [4.69, 9.17) is 0 Å². The molecule has 1 heterocycles. The minimum atomic E-state index is 1.02. The van der Waals surface area contributed by atoms with Crippen molar-refractivity contribution < 1.29 is 0 Å². The molecule has 11 heavy (non-hydrogen) atoms. The average Bonchev–Trinajstić information content (AvgIpc) is 2.06. The highest BCUT2D eigenvalue weighted by Gasteiger charge is 2.09. The van der Waals surface area contributed by atoms with E-state index in [1.807, 2.05) is 6.07 Å². The number of para-hydroxylation sites is 1. The third kappa shape index (κ3) is 1.03. The minimum absolute atomic E-state index is 1.02. The average molecular weight is 145 g/mol. The molecule has 0 atom stereocenters. The first-order valence-electron chi connectivity index (χ1n) is 3.89. The summed E-state index contributed by atoms with van der Waals surface area (Å²) in [4.78, 5) is 0. The molecule has 1 aromatic carbocycles. The van der Waals surface area contributed by atoms with Crippen molar-refractivity contribution in [3.8, 4) is 0 Å². The van der Waals surface area contributed by atoms with E-state index < -0.39 is 0 Å². The highest BCUT2D eigenvalue weighted by atomic mass is 14.9. The van der Waals surface area contributed by atoms with Crippen LogP contribution in [0.15, 0.2) is 30.8 Å². The van der Waals surface area contributed by atoms with E-state index in [1.54, 1.807) is 0 Å². The monoisotopic (exact) mass is 145 g/mol. The van der Waals surface area contributed by atoms with Gasteiger partial charge in [0, 0.05) is 17.8 Å². The largest absolute Gasteiger partial charge is 0.384 e. The van der Waals surface area contributed by atoms with Crippen LogP contribution in [0.2, 0.25) is 0 Å². The fraction of sp³-hybridized carbons (Fsp3) is 0.200. The summed E-state index contributed by atoms with van der Waals surface area (Å²) in [6, 6.07) is 8.31. The number of hydrogen-bond donors (Lipinski definition) is 1. The molecule has 0 spiro atoms. The van der Waals surface area contributed by atoms with E-state index >= 15 is 0 Å². The molecular formula is C10H11N. The first-order chi connectivity index (χ1) is 5.38. The van der Waals surface area contributed by atoms with Crippen LogP contribution in [0.3, 0.4) is 0 Å². The summed E-state index contributed by atoms with van der Waals surface area (Å²) in [5.74, 6) is 0. The lowest BCUT2D eigenvalue weighted by Gasteiger charge is -2.19. The topological polar surface area (TPSA) is 12.0 Å². The summed E-state index contributed by atoms with van der Waals surface area (Å²) >= 11 is 0. The number of nitrogens with one attached hydrogen (secondary N) is 1. The van der Waals surface area contributed by atoms with Gasteiger partial charge in [-0.3, -0.25) is 0 Å². The minimum Gasteiger partial charge on any atom is -0.384 e. The SMILES string of the molecule is C=C1CCNc2ccccc21. The molecule has 0 unspecified atom stereocenters. The zero-order chi connectivity index (χ0) is 7.68. The molecule has 1 aliphatic heterocycles. The van der Waals surface area contributed by atoms with Gasteiger partial charge in [-0.15, -0.1) is 0 Å². The fourth-order valence-corrected chi connectivity index (χ4v) is 1.43. The Kier molecular flexibility index (Phi) is 1.42. The van der Waals surface area contributed by atoms with Crippen LogP contribution in [0.1, 0.15) is 12.0 Å². The van der Waals surface area contributed by atoms with Crippen molar-refractivity contribution in [2.75, 3.05) is 11.9 Å². The summed E-state index contributed by atoms with van der Waals surface area (Å²) in [7, 11) is 0. The first-order valence-corrected chi connectivity index (χ1v) is 3.89. The lowest BCUT2D eigenvalue weighted by Crippen LogP contribution is -2.09. The van der Waals surface area contributed by atoms with Crippen molar-refractivity contribution in [1.29, 1.82) is 0 Å². The summed E-state index contributed by atoms with van der Waals surface area (Å²) in [6.45, 7) is 5.04. The van der Waals surface area contributed by atoms with Crippen molar-refractivity contribution in [1.82, 2.24) is 0 Å². The Morgan fingerprint density at radius 3 is 2.91 bits per heavy atom. The van der Waals surface area contributed by atoms with Crippen LogP contribution in [0.5, 0.6) is 0 Å². The van der Waals surface area contributed by atoms with E-state index in [-0.39, 0.29) is 0 Å². The third-order valence-electron chi connectivity index (χ3n) is 2.05. The standard InChI is InChI=1S/C10H11N/c1-8-6-7-11-10-5-3-2-4-9(8)10/h2-5,11H,1,6-7H2. The zero-order valence-corrected chi connectivity index (χ0v) is 6.43. The van der Waals surface area contributed by atoms with Crippen molar-refractivity contribution in [2.24, 2.45) is 0 Å². The lowest BCUT2D eigenvalue weighted by atomic mass is 9.99. The van der Waals surface area contributed by atoms with E-state index in [9.17, 15) is 0 Å². The molecule has 56 valence electrons. The predicted octanol–water partition coefficient (Wildman–Crippen LogP) is 2.52. The number of fused-ring (bicyclic) bond motifs is 1. The zero-order valence-electron chi connectivity index (χ0n) is 6.43. The Bertz CT molecular complexity index is 289. The van der Waals surface area contributed by atoms with E-state index in [2.05, 4.69) is 30.1 Å². The van der Waals surface area contributed by atoms with Gasteiger partial charge in [-0.05, 0) is 18.1 Å². The summed E-state index contributed by atoms with van der Waals surface area (Å²) in [5, 5.41) is 3.33. The van der Waals surface area contributed by atoms with Crippen LogP contribution in [0.4, 0.5) is 5.69 Å². The van der Waals surface area contributed by atoms with Gasteiger partial charge in [-0.2, -0.15) is 0 Å². The molecule has 2 rings (SSSR count). The van der Waals surface area contributed by atoms with Crippen LogP contribution >= 0.6 is 0 Å². The van der Waals surface area contributed by atoms with Crippen LogP contribution in [0, 0.1) is 0 Å². The molecule has 0 bridgehead atoms. The molecule has 1 heteroatoms. The Hall–Kier alpha value is -1.24. The highest BCUT2D eigenvalue weighted by molar-refractivity contribution is 5.77. The van der Waals surface area contributed by atoms with Crippen molar-refractivity contribution >= 4 is 11.3 Å². The number of hydrogen-bond acceptors (Lipinski definition) is 1. The number of rotatable bonds is 0. The van der Waals surface area contributed by atoms with Gasteiger partial charge in [-0.1, -0.05) is 24.8 Å². The molecular weight excluding hydrogens is 134 g/mol. The maximum absolute atomic E-state index is 4.02.